The average Bonchev–Trinajstić information content (AvgIpc) is 2.63. The van der Waals surface area contributed by atoms with Gasteiger partial charge >= 0.3 is 0 Å². The highest BCUT2D eigenvalue weighted by Gasteiger charge is 2.43. The van der Waals surface area contributed by atoms with Gasteiger partial charge in [-0.05, 0) is 68.1 Å². The van der Waals surface area contributed by atoms with Crippen molar-refractivity contribution in [1.29, 1.82) is 0 Å². The fourth-order valence-electron chi connectivity index (χ4n) is 4.85. The molecule has 1 aliphatic heterocycles. The minimum Gasteiger partial charge on any atom is -0.341 e. The van der Waals surface area contributed by atoms with E-state index in [-0.39, 0.29) is 5.41 Å². The molecule has 3 heteroatoms. The van der Waals surface area contributed by atoms with E-state index in [4.69, 9.17) is 17.3 Å². The molecule has 4 rings (SSSR count). The van der Waals surface area contributed by atoms with Gasteiger partial charge in [0.2, 0.25) is 0 Å². The number of nitrogens with zero attached hydrogens (tertiary/aromatic N) is 1. The molecule has 1 fully saturated rings. The lowest BCUT2D eigenvalue weighted by molar-refractivity contribution is 0.343. The maximum atomic E-state index is 6.45. The monoisotopic (exact) mass is 354 g/mol. The lowest BCUT2D eigenvalue weighted by atomic mass is 9.62. The van der Waals surface area contributed by atoms with Crippen molar-refractivity contribution in [3.63, 3.8) is 0 Å². The maximum absolute atomic E-state index is 6.45. The zero-order chi connectivity index (χ0) is 17.4. The van der Waals surface area contributed by atoms with Crippen molar-refractivity contribution in [2.45, 2.75) is 50.9 Å². The molecule has 2 aromatic rings. The number of hydrogen-bond acceptors (Lipinski definition) is 2. The van der Waals surface area contributed by atoms with Crippen LogP contribution in [0, 0.1) is 6.92 Å². The Morgan fingerprint density at radius 1 is 1.00 bits per heavy atom. The fourth-order valence-corrected chi connectivity index (χ4v) is 5.03. The van der Waals surface area contributed by atoms with E-state index in [0.717, 1.165) is 18.0 Å². The van der Waals surface area contributed by atoms with Crippen molar-refractivity contribution in [2.75, 3.05) is 18.0 Å². The zero-order valence-electron chi connectivity index (χ0n) is 15.0. The molecule has 1 aliphatic carbocycles. The molecule has 1 heterocycles. The van der Waals surface area contributed by atoms with E-state index >= 15 is 0 Å². The van der Waals surface area contributed by atoms with E-state index in [1.54, 1.807) is 0 Å². The molecule has 0 amide bonds. The van der Waals surface area contributed by atoms with Gasteiger partial charge in [0.05, 0.1) is 0 Å². The maximum Gasteiger partial charge on any atom is 0.0453 e. The number of nitrogens with two attached hydrogens (primary N) is 1. The predicted octanol–water partition coefficient (Wildman–Crippen LogP) is 5.70. The van der Waals surface area contributed by atoms with Crippen molar-refractivity contribution in [2.24, 2.45) is 5.73 Å². The van der Waals surface area contributed by atoms with Crippen LogP contribution in [0.3, 0.4) is 0 Å². The van der Waals surface area contributed by atoms with Crippen LogP contribution >= 0.6 is 11.6 Å². The van der Waals surface area contributed by atoms with E-state index in [2.05, 4.69) is 42.2 Å². The van der Waals surface area contributed by atoms with Crippen LogP contribution in [0.4, 0.5) is 11.4 Å². The summed E-state index contributed by atoms with van der Waals surface area (Å²) >= 11 is 6.45. The van der Waals surface area contributed by atoms with Gasteiger partial charge in [-0.1, -0.05) is 48.6 Å². The zero-order valence-corrected chi connectivity index (χ0v) is 15.8. The Labute approximate surface area is 156 Å². The summed E-state index contributed by atoms with van der Waals surface area (Å²) < 4.78 is 0. The van der Waals surface area contributed by atoms with Gasteiger partial charge in [-0.3, -0.25) is 0 Å². The first-order chi connectivity index (χ1) is 12.2. The second-order valence-corrected chi connectivity index (χ2v) is 8.06. The third-order valence-corrected chi connectivity index (χ3v) is 6.25. The van der Waals surface area contributed by atoms with Crippen LogP contribution in [-0.2, 0) is 5.41 Å². The van der Waals surface area contributed by atoms with Crippen LogP contribution in [0.2, 0.25) is 5.02 Å². The van der Waals surface area contributed by atoms with Crippen molar-refractivity contribution in [3.05, 3.63) is 58.1 Å². The summed E-state index contributed by atoms with van der Waals surface area (Å²) in [6.45, 7) is 3.87. The summed E-state index contributed by atoms with van der Waals surface area (Å²) in [5.74, 6) is 0. The van der Waals surface area contributed by atoms with Crippen LogP contribution in [0.15, 0.2) is 36.4 Å². The van der Waals surface area contributed by atoms with Crippen LogP contribution < -0.4 is 10.6 Å². The Balaban J connectivity index is 1.96. The van der Waals surface area contributed by atoms with E-state index in [1.165, 1.54) is 60.2 Å². The number of fused-ring (bicyclic) bond motifs is 4. The molecule has 0 bridgehead atoms. The number of hydrogen-bond donors (Lipinski definition) is 1. The predicted molar refractivity (Wildman–Crippen MR) is 107 cm³/mol. The Hall–Kier alpha value is -1.51. The van der Waals surface area contributed by atoms with Crippen molar-refractivity contribution < 1.29 is 0 Å². The standard InChI is InChI=1S/C22H27ClN2/c1-16-6-8-20-18(14-16)22(10-3-2-4-11-22)19-15-17(23)7-9-21(19)25(20)13-5-12-24/h6-9,14-15H,2-5,10-13,24H2,1H3. The van der Waals surface area contributed by atoms with Crippen molar-refractivity contribution >= 4 is 23.0 Å². The third kappa shape index (κ3) is 2.76. The fraction of sp³-hybridized carbons (Fsp3) is 0.455. The minimum atomic E-state index is 0.124. The average molecular weight is 355 g/mol. The lowest BCUT2D eigenvalue weighted by Gasteiger charge is -2.48. The second-order valence-electron chi connectivity index (χ2n) is 7.62. The molecular formula is C22H27ClN2. The van der Waals surface area contributed by atoms with Crippen LogP contribution in [-0.4, -0.2) is 13.1 Å². The van der Waals surface area contributed by atoms with E-state index < -0.39 is 0 Å². The van der Waals surface area contributed by atoms with Gasteiger partial charge < -0.3 is 10.6 Å². The summed E-state index contributed by atoms with van der Waals surface area (Å²) in [4.78, 5) is 2.47. The first kappa shape index (κ1) is 16.9. The molecule has 0 saturated heterocycles. The Morgan fingerprint density at radius 3 is 2.40 bits per heavy atom. The first-order valence-corrected chi connectivity index (χ1v) is 9.92. The van der Waals surface area contributed by atoms with Crippen LogP contribution in [0.1, 0.15) is 55.2 Å². The molecule has 132 valence electrons. The molecule has 0 atom stereocenters. The molecule has 25 heavy (non-hydrogen) atoms. The number of rotatable bonds is 3. The summed E-state index contributed by atoms with van der Waals surface area (Å²) in [7, 11) is 0. The molecule has 2 nitrogen and oxygen atoms in total. The van der Waals surface area contributed by atoms with Gasteiger partial charge in [-0.25, -0.2) is 0 Å². The van der Waals surface area contributed by atoms with Gasteiger partial charge in [0.1, 0.15) is 0 Å². The smallest absolute Gasteiger partial charge is 0.0453 e. The molecular weight excluding hydrogens is 328 g/mol. The van der Waals surface area contributed by atoms with Crippen molar-refractivity contribution in [3.8, 4) is 0 Å². The summed E-state index contributed by atoms with van der Waals surface area (Å²) in [5, 5.41) is 0.846. The van der Waals surface area contributed by atoms with E-state index in [1.807, 2.05) is 6.07 Å². The van der Waals surface area contributed by atoms with E-state index in [9.17, 15) is 0 Å². The molecule has 0 aromatic heterocycles. The highest BCUT2D eigenvalue weighted by atomic mass is 35.5. The Bertz CT molecular complexity index is 722. The molecule has 2 N–H and O–H groups in total. The summed E-state index contributed by atoms with van der Waals surface area (Å²) in [5.41, 5.74) is 12.9. The van der Waals surface area contributed by atoms with Crippen molar-refractivity contribution in [1.82, 2.24) is 0 Å². The lowest BCUT2D eigenvalue weighted by Crippen LogP contribution is -2.39. The molecule has 0 radical (unpaired) electrons. The second kappa shape index (κ2) is 6.66. The normalized spacial score (nSPS) is 18.1. The van der Waals surface area contributed by atoms with E-state index in [0.29, 0.717) is 6.54 Å². The number of benzene rings is 2. The van der Waals surface area contributed by atoms with Gasteiger partial charge in [0, 0.05) is 28.4 Å². The molecule has 2 aromatic carbocycles. The van der Waals surface area contributed by atoms with Gasteiger partial charge in [0.15, 0.2) is 0 Å². The summed E-state index contributed by atoms with van der Waals surface area (Å²) in [6, 6.07) is 13.4. The number of halogens is 1. The van der Waals surface area contributed by atoms with Gasteiger partial charge in [-0.2, -0.15) is 0 Å². The van der Waals surface area contributed by atoms with Gasteiger partial charge in [0.25, 0.3) is 0 Å². The highest BCUT2D eigenvalue weighted by molar-refractivity contribution is 6.30. The molecule has 2 aliphatic rings. The minimum absolute atomic E-state index is 0.124. The number of anilines is 2. The molecule has 1 spiro atoms. The van der Waals surface area contributed by atoms with Crippen LogP contribution in [0.5, 0.6) is 0 Å². The van der Waals surface area contributed by atoms with Crippen LogP contribution in [0.25, 0.3) is 0 Å². The summed E-state index contributed by atoms with van der Waals surface area (Å²) in [6.07, 6.45) is 7.37. The Kier molecular flexibility index (Phi) is 4.51. The highest BCUT2D eigenvalue weighted by Crippen LogP contribution is 2.56. The Morgan fingerprint density at radius 2 is 1.68 bits per heavy atom. The molecule has 0 unspecified atom stereocenters. The SMILES string of the molecule is Cc1ccc2c(c1)C1(CCCCC1)c1cc(Cl)ccc1N2CCCN. The topological polar surface area (TPSA) is 29.3 Å². The quantitative estimate of drug-likeness (QED) is 0.766. The first-order valence-electron chi connectivity index (χ1n) is 9.54. The third-order valence-electron chi connectivity index (χ3n) is 6.02. The number of aryl methyl sites for hydroxylation is 1. The molecule has 1 saturated carbocycles. The largest absolute Gasteiger partial charge is 0.341 e. The van der Waals surface area contributed by atoms with Gasteiger partial charge in [-0.15, -0.1) is 0 Å².